The Balaban J connectivity index is 2.27. The van der Waals surface area contributed by atoms with Gasteiger partial charge in [-0.15, -0.1) is 0 Å². The lowest BCUT2D eigenvalue weighted by Crippen LogP contribution is -2.27. The normalized spacial score (nSPS) is 11.3. The Hall–Kier alpha value is -2.84. The standard InChI is InChI=1S/C19H16ClN3O2/c1-19(2,3)25-18(24)23-15-9-12(11-21)7-8-13(15)10-16(23)14-5-4-6-17(20)22-14/h4-10H,1-3H3. The maximum Gasteiger partial charge on any atom is 0.419 e. The highest BCUT2D eigenvalue weighted by Gasteiger charge is 2.23. The van der Waals surface area contributed by atoms with E-state index in [2.05, 4.69) is 11.1 Å². The summed E-state index contributed by atoms with van der Waals surface area (Å²) in [7, 11) is 0. The fraction of sp³-hybridized carbons (Fsp3) is 0.211. The van der Waals surface area contributed by atoms with Crippen LogP contribution >= 0.6 is 11.6 Å². The lowest BCUT2D eigenvalue weighted by molar-refractivity contribution is 0.0547. The second-order valence-electron chi connectivity index (χ2n) is 6.58. The van der Waals surface area contributed by atoms with Crippen LogP contribution in [0.3, 0.4) is 0 Å². The third kappa shape index (κ3) is 3.49. The van der Waals surface area contributed by atoms with Gasteiger partial charge in [-0.2, -0.15) is 5.26 Å². The summed E-state index contributed by atoms with van der Waals surface area (Å²) in [5.74, 6) is 0. The number of fused-ring (bicyclic) bond motifs is 1. The van der Waals surface area contributed by atoms with Crippen LogP contribution in [-0.2, 0) is 4.74 Å². The van der Waals surface area contributed by atoms with Crippen LogP contribution < -0.4 is 0 Å². The van der Waals surface area contributed by atoms with Crippen LogP contribution in [0.1, 0.15) is 26.3 Å². The van der Waals surface area contributed by atoms with Crippen LogP contribution in [0.15, 0.2) is 42.5 Å². The number of nitrogens with zero attached hydrogens (tertiary/aromatic N) is 3. The molecule has 0 saturated carbocycles. The van der Waals surface area contributed by atoms with Crippen molar-refractivity contribution in [2.45, 2.75) is 26.4 Å². The van der Waals surface area contributed by atoms with Gasteiger partial charge >= 0.3 is 6.09 Å². The van der Waals surface area contributed by atoms with E-state index in [-0.39, 0.29) is 0 Å². The number of aromatic nitrogens is 2. The highest BCUT2D eigenvalue weighted by Crippen LogP contribution is 2.29. The van der Waals surface area contributed by atoms with Gasteiger partial charge in [0.1, 0.15) is 10.8 Å². The summed E-state index contributed by atoms with van der Waals surface area (Å²) in [4.78, 5) is 17.1. The number of hydrogen-bond acceptors (Lipinski definition) is 4. The van der Waals surface area contributed by atoms with E-state index >= 15 is 0 Å². The summed E-state index contributed by atoms with van der Waals surface area (Å²) in [6, 6.07) is 14.3. The molecule has 0 fully saturated rings. The maximum absolute atomic E-state index is 12.8. The SMILES string of the molecule is CC(C)(C)OC(=O)n1c(-c2cccc(Cl)n2)cc2ccc(C#N)cc21. The molecule has 3 aromatic rings. The molecule has 0 unspecified atom stereocenters. The van der Waals surface area contributed by atoms with Gasteiger partial charge in [0.05, 0.1) is 28.5 Å². The van der Waals surface area contributed by atoms with Crippen LogP contribution in [0, 0.1) is 11.3 Å². The molecule has 5 nitrogen and oxygen atoms in total. The molecular weight excluding hydrogens is 338 g/mol. The monoisotopic (exact) mass is 353 g/mol. The predicted molar refractivity (Wildman–Crippen MR) is 96.5 cm³/mol. The summed E-state index contributed by atoms with van der Waals surface area (Å²) in [6.45, 7) is 5.40. The van der Waals surface area contributed by atoms with Crippen molar-refractivity contribution in [2.75, 3.05) is 0 Å². The van der Waals surface area contributed by atoms with E-state index in [1.165, 1.54) is 4.57 Å². The first-order chi connectivity index (χ1) is 11.8. The minimum Gasteiger partial charge on any atom is -0.443 e. The minimum absolute atomic E-state index is 0.330. The van der Waals surface area contributed by atoms with Crippen molar-refractivity contribution in [1.29, 1.82) is 5.26 Å². The number of carbonyl (C=O) groups excluding carboxylic acids is 1. The highest BCUT2D eigenvalue weighted by atomic mass is 35.5. The molecule has 0 spiro atoms. The molecule has 126 valence electrons. The molecule has 0 bridgehead atoms. The van der Waals surface area contributed by atoms with Crippen molar-refractivity contribution in [3.8, 4) is 17.5 Å². The summed E-state index contributed by atoms with van der Waals surface area (Å²) in [5.41, 5.74) is 1.50. The molecule has 0 atom stereocenters. The van der Waals surface area contributed by atoms with Crippen molar-refractivity contribution in [3.63, 3.8) is 0 Å². The Bertz CT molecular complexity index is 1010. The first-order valence-corrected chi connectivity index (χ1v) is 8.08. The number of nitriles is 1. The Morgan fingerprint density at radius 1 is 1.24 bits per heavy atom. The van der Waals surface area contributed by atoms with E-state index in [9.17, 15) is 4.79 Å². The molecule has 0 amide bonds. The zero-order valence-electron chi connectivity index (χ0n) is 14.1. The molecule has 1 aromatic carbocycles. The minimum atomic E-state index is -0.653. The van der Waals surface area contributed by atoms with Crippen LogP contribution in [0.5, 0.6) is 0 Å². The molecule has 25 heavy (non-hydrogen) atoms. The van der Waals surface area contributed by atoms with Gasteiger partial charge in [0.2, 0.25) is 0 Å². The summed E-state index contributed by atoms with van der Waals surface area (Å²) in [5, 5.41) is 10.3. The molecule has 3 rings (SSSR count). The van der Waals surface area contributed by atoms with Crippen LogP contribution in [0.25, 0.3) is 22.3 Å². The number of carbonyl (C=O) groups is 1. The number of benzene rings is 1. The van der Waals surface area contributed by atoms with Crippen molar-refractivity contribution < 1.29 is 9.53 Å². The van der Waals surface area contributed by atoms with Crippen molar-refractivity contribution in [2.24, 2.45) is 0 Å². The molecule has 6 heteroatoms. The molecule has 0 N–H and O–H groups in total. The number of halogens is 1. The number of hydrogen-bond donors (Lipinski definition) is 0. The van der Waals surface area contributed by atoms with Crippen LogP contribution in [0.2, 0.25) is 5.15 Å². The molecule has 0 radical (unpaired) electrons. The predicted octanol–water partition coefficient (Wildman–Crippen LogP) is 5.01. The second kappa shape index (κ2) is 6.23. The van der Waals surface area contributed by atoms with Gasteiger partial charge in [-0.05, 0) is 51.1 Å². The van der Waals surface area contributed by atoms with Gasteiger partial charge in [0.15, 0.2) is 0 Å². The van der Waals surface area contributed by atoms with Crippen LogP contribution in [0.4, 0.5) is 4.79 Å². The Morgan fingerprint density at radius 3 is 2.64 bits per heavy atom. The first kappa shape index (κ1) is 17.0. The van der Waals surface area contributed by atoms with Crippen molar-refractivity contribution >= 4 is 28.6 Å². The highest BCUT2D eigenvalue weighted by molar-refractivity contribution is 6.29. The molecule has 2 aromatic heterocycles. The fourth-order valence-corrected chi connectivity index (χ4v) is 2.68. The molecule has 2 heterocycles. The van der Waals surface area contributed by atoms with Crippen LogP contribution in [-0.4, -0.2) is 21.2 Å². The third-order valence-corrected chi connectivity index (χ3v) is 3.70. The Kier molecular flexibility index (Phi) is 4.23. The largest absolute Gasteiger partial charge is 0.443 e. The lowest BCUT2D eigenvalue weighted by atomic mass is 10.2. The average molecular weight is 354 g/mol. The van der Waals surface area contributed by atoms with Gasteiger partial charge in [-0.25, -0.2) is 14.3 Å². The van der Waals surface area contributed by atoms with Gasteiger partial charge in [-0.3, -0.25) is 0 Å². The number of pyridine rings is 1. The number of rotatable bonds is 1. The lowest BCUT2D eigenvalue weighted by Gasteiger charge is -2.21. The summed E-state index contributed by atoms with van der Waals surface area (Å²) in [6.07, 6.45) is -0.533. The molecule has 0 saturated heterocycles. The zero-order chi connectivity index (χ0) is 18.2. The van der Waals surface area contributed by atoms with Crippen molar-refractivity contribution in [3.05, 3.63) is 53.2 Å². The fourth-order valence-electron chi connectivity index (χ4n) is 2.51. The molecular formula is C19H16ClN3O2. The molecule has 0 aliphatic carbocycles. The summed E-state index contributed by atoms with van der Waals surface area (Å²) >= 11 is 6.00. The number of ether oxygens (including phenoxy) is 1. The van der Waals surface area contributed by atoms with Gasteiger partial charge < -0.3 is 4.74 Å². The zero-order valence-corrected chi connectivity index (χ0v) is 14.8. The molecule has 0 aliphatic rings. The Labute approximate surface area is 150 Å². The maximum atomic E-state index is 12.8. The topological polar surface area (TPSA) is 67.9 Å². The quantitative estimate of drug-likeness (QED) is 0.576. The van der Waals surface area contributed by atoms with E-state index in [1.807, 2.05) is 6.07 Å². The molecule has 0 aliphatic heterocycles. The van der Waals surface area contributed by atoms with E-state index < -0.39 is 11.7 Å². The Morgan fingerprint density at radius 2 is 2.00 bits per heavy atom. The third-order valence-electron chi connectivity index (χ3n) is 3.49. The van der Waals surface area contributed by atoms with E-state index in [0.29, 0.717) is 27.6 Å². The average Bonchev–Trinajstić information content (AvgIpc) is 2.91. The van der Waals surface area contributed by atoms with E-state index in [1.54, 1.807) is 57.2 Å². The van der Waals surface area contributed by atoms with Crippen molar-refractivity contribution in [1.82, 2.24) is 9.55 Å². The summed E-state index contributed by atoms with van der Waals surface area (Å²) < 4.78 is 6.97. The first-order valence-electron chi connectivity index (χ1n) is 7.70. The van der Waals surface area contributed by atoms with E-state index in [0.717, 1.165) is 5.39 Å². The van der Waals surface area contributed by atoms with Gasteiger partial charge in [0, 0.05) is 5.39 Å². The van der Waals surface area contributed by atoms with Gasteiger partial charge in [0.25, 0.3) is 0 Å². The van der Waals surface area contributed by atoms with E-state index in [4.69, 9.17) is 21.6 Å². The van der Waals surface area contributed by atoms with Gasteiger partial charge in [-0.1, -0.05) is 23.7 Å². The second-order valence-corrected chi connectivity index (χ2v) is 6.96. The smallest absolute Gasteiger partial charge is 0.419 e.